The highest BCUT2D eigenvalue weighted by atomic mass is 32.1. The zero-order valence-electron chi connectivity index (χ0n) is 10.2. The van der Waals surface area contributed by atoms with Gasteiger partial charge >= 0.3 is 11.9 Å². The molecule has 1 heterocycles. The lowest BCUT2D eigenvalue weighted by atomic mass is 10.1. The lowest BCUT2D eigenvalue weighted by Crippen LogP contribution is -2.36. The van der Waals surface area contributed by atoms with Crippen molar-refractivity contribution in [2.75, 3.05) is 13.1 Å². The van der Waals surface area contributed by atoms with Gasteiger partial charge in [0.25, 0.3) is 0 Å². The molecule has 0 fully saturated rings. The molecule has 5 nitrogen and oxygen atoms in total. The van der Waals surface area contributed by atoms with E-state index in [2.05, 4.69) is 0 Å². The number of nitrogens with zero attached hydrogens (tertiary/aromatic N) is 1. The Labute approximate surface area is 110 Å². The Morgan fingerprint density at radius 1 is 1.39 bits per heavy atom. The Bertz CT molecular complexity index is 391. The van der Waals surface area contributed by atoms with Gasteiger partial charge in [-0.05, 0) is 35.4 Å². The van der Waals surface area contributed by atoms with Crippen LogP contribution in [-0.4, -0.2) is 40.1 Å². The molecule has 1 aromatic rings. The third-order valence-electron chi connectivity index (χ3n) is 2.58. The molecule has 0 saturated carbocycles. The number of hydrogen-bond donors (Lipinski definition) is 2. The van der Waals surface area contributed by atoms with Gasteiger partial charge in [-0.2, -0.15) is 11.3 Å². The van der Waals surface area contributed by atoms with Crippen molar-refractivity contribution < 1.29 is 19.8 Å². The zero-order chi connectivity index (χ0) is 13.5. The van der Waals surface area contributed by atoms with Crippen molar-refractivity contribution in [3.05, 3.63) is 22.4 Å². The first kappa shape index (κ1) is 14.7. The fourth-order valence-corrected chi connectivity index (χ4v) is 2.52. The fraction of sp³-hybridized carbons (Fsp3) is 0.500. The highest BCUT2D eigenvalue weighted by Crippen LogP contribution is 2.23. The van der Waals surface area contributed by atoms with Crippen LogP contribution in [0.25, 0.3) is 0 Å². The van der Waals surface area contributed by atoms with Crippen molar-refractivity contribution in [2.45, 2.75) is 25.8 Å². The molecule has 1 unspecified atom stereocenters. The first-order valence-corrected chi connectivity index (χ1v) is 6.71. The number of hydrogen-bond acceptors (Lipinski definition) is 4. The quantitative estimate of drug-likeness (QED) is 0.756. The Kier molecular flexibility index (Phi) is 5.80. The van der Waals surface area contributed by atoms with Gasteiger partial charge in [-0.15, -0.1) is 0 Å². The number of carboxylic acids is 2. The summed E-state index contributed by atoms with van der Waals surface area (Å²) >= 11 is 1.44. The van der Waals surface area contributed by atoms with Gasteiger partial charge in [0.15, 0.2) is 0 Å². The number of rotatable bonds is 8. The van der Waals surface area contributed by atoms with E-state index in [0.717, 1.165) is 6.42 Å². The summed E-state index contributed by atoms with van der Waals surface area (Å²) in [4.78, 5) is 23.7. The van der Waals surface area contributed by atoms with Crippen LogP contribution in [0.5, 0.6) is 0 Å². The summed E-state index contributed by atoms with van der Waals surface area (Å²) in [6.07, 6.45) is 0.738. The maximum Gasteiger partial charge on any atom is 0.325 e. The average molecular weight is 271 g/mol. The van der Waals surface area contributed by atoms with Crippen LogP contribution < -0.4 is 0 Å². The first-order chi connectivity index (χ1) is 8.56. The maximum atomic E-state index is 11.4. The van der Waals surface area contributed by atoms with Crippen LogP contribution >= 0.6 is 11.3 Å². The summed E-state index contributed by atoms with van der Waals surface area (Å²) in [7, 11) is 0. The molecule has 100 valence electrons. The fourth-order valence-electron chi connectivity index (χ4n) is 1.84. The van der Waals surface area contributed by atoms with E-state index < -0.39 is 18.0 Å². The molecule has 2 N–H and O–H groups in total. The van der Waals surface area contributed by atoms with E-state index in [0.29, 0.717) is 12.1 Å². The van der Waals surface area contributed by atoms with Crippen molar-refractivity contribution in [1.29, 1.82) is 0 Å². The molecule has 0 spiro atoms. The summed E-state index contributed by atoms with van der Waals surface area (Å²) in [5.74, 6) is -1.85. The highest BCUT2D eigenvalue weighted by molar-refractivity contribution is 7.08. The first-order valence-electron chi connectivity index (χ1n) is 5.77. The van der Waals surface area contributed by atoms with Crippen molar-refractivity contribution in [1.82, 2.24) is 4.90 Å². The summed E-state index contributed by atoms with van der Waals surface area (Å²) in [5, 5.41) is 21.7. The second kappa shape index (κ2) is 7.13. The van der Waals surface area contributed by atoms with Gasteiger partial charge in [-0.25, -0.2) is 0 Å². The molecule has 0 radical (unpaired) electrons. The Morgan fingerprint density at radius 3 is 2.56 bits per heavy atom. The predicted octanol–water partition coefficient (Wildman–Crippen LogP) is 2.06. The lowest BCUT2D eigenvalue weighted by molar-refractivity contribution is -0.145. The Hall–Kier alpha value is -1.40. The zero-order valence-corrected chi connectivity index (χ0v) is 11.0. The van der Waals surface area contributed by atoms with Crippen LogP contribution in [0.2, 0.25) is 0 Å². The Morgan fingerprint density at radius 2 is 2.11 bits per heavy atom. The molecule has 0 aliphatic heterocycles. The van der Waals surface area contributed by atoms with Crippen molar-refractivity contribution in [3.63, 3.8) is 0 Å². The van der Waals surface area contributed by atoms with Gasteiger partial charge in [0, 0.05) is 6.54 Å². The largest absolute Gasteiger partial charge is 0.481 e. The average Bonchev–Trinajstić information content (AvgIpc) is 2.79. The number of carbonyl (C=O) groups is 2. The Balaban J connectivity index is 2.84. The smallest absolute Gasteiger partial charge is 0.325 e. The summed E-state index contributed by atoms with van der Waals surface area (Å²) in [6.45, 7) is 2.76. The topological polar surface area (TPSA) is 77.8 Å². The van der Waals surface area contributed by atoms with Gasteiger partial charge in [0.05, 0.1) is 6.42 Å². The summed E-state index contributed by atoms with van der Waals surface area (Å²) in [6, 6.07) is 1.02. The van der Waals surface area contributed by atoms with E-state index in [-0.39, 0.29) is 13.0 Å². The van der Waals surface area contributed by atoms with Crippen molar-refractivity contribution >= 4 is 23.3 Å². The highest BCUT2D eigenvalue weighted by Gasteiger charge is 2.27. The molecule has 1 rings (SSSR count). The molecular weight excluding hydrogens is 254 g/mol. The van der Waals surface area contributed by atoms with E-state index in [4.69, 9.17) is 5.11 Å². The second-order valence-corrected chi connectivity index (χ2v) is 4.76. The van der Waals surface area contributed by atoms with E-state index in [9.17, 15) is 14.7 Å². The van der Waals surface area contributed by atoms with E-state index in [1.165, 1.54) is 11.3 Å². The minimum absolute atomic E-state index is 0.0477. The third-order valence-corrected chi connectivity index (χ3v) is 3.28. The van der Waals surface area contributed by atoms with E-state index in [1.54, 1.807) is 16.3 Å². The van der Waals surface area contributed by atoms with Gasteiger partial charge in [-0.3, -0.25) is 14.5 Å². The minimum Gasteiger partial charge on any atom is -0.481 e. The van der Waals surface area contributed by atoms with E-state index in [1.807, 2.05) is 12.3 Å². The molecule has 0 amide bonds. The molecule has 0 aliphatic carbocycles. The van der Waals surface area contributed by atoms with Gasteiger partial charge in [0.2, 0.25) is 0 Å². The maximum absolute atomic E-state index is 11.4. The van der Waals surface area contributed by atoms with E-state index >= 15 is 0 Å². The van der Waals surface area contributed by atoms with Crippen LogP contribution in [0.1, 0.15) is 31.4 Å². The van der Waals surface area contributed by atoms with Crippen LogP contribution in [0.4, 0.5) is 0 Å². The van der Waals surface area contributed by atoms with Gasteiger partial charge < -0.3 is 10.2 Å². The standard InChI is InChI=1S/C12H17NO4S/c1-2-5-13(6-3-10(14)15)11(12(16)17)9-4-7-18-8-9/h4,7-8,11H,2-3,5-6H2,1H3,(H,14,15)(H,16,17). The molecule has 1 atom stereocenters. The molecule has 0 bridgehead atoms. The predicted molar refractivity (Wildman–Crippen MR) is 68.8 cm³/mol. The molecule has 1 aromatic heterocycles. The SMILES string of the molecule is CCCN(CCC(=O)O)C(C(=O)O)c1ccsc1. The molecule has 0 aromatic carbocycles. The third kappa shape index (κ3) is 4.12. The van der Waals surface area contributed by atoms with Gasteiger partial charge in [-0.1, -0.05) is 6.92 Å². The number of carboxylic acid groups (broad SMARTS) is 2. The summed E-state index contributed by atoms with van der Waals surface area (Å²) in [5.41, 5.74) is 0.714. The normalized spacial score (nSPS) is 12.6. The molecule has 0 saturated heterocycles. The monoisotopic (exact) mass is 271 g/mol. The van der Waals surface area contributed by atoms with Crippen LogP contribution in [0, 0.1) is 0 Å². The minimum atomic E-state index is -0.938. The van der Waals surface area contributed by atoms with Crippen LogP contribution in [-0.2, 0) is 9.59 Å². The number of thiophene rings is 1. The molecule has 6 heteroatoms. The lowest BCUT2D eigenvalue weighted by Gasteiger charge is -2.27. The van der Waals surface area contributed by atoms with Crippen molar-refractivity contribution in [3.8, 4) is 0 Å². The van der Waals surface area contributed by atoms with Crippen LogP contribution in [0.3, 0.4) is 0 Å². The second-order valence-electron chi connectivity index (χ2n) is 3.98. The summed E-state index contributed by atoms with van der Waals surface area (Å²) < 4.78 is 0. The molecule has 0 aliphatic rings. The number of aliphatic carboxylic acids is 2. The molecule has 18 heavy (non-hydrogen) atoms. The van der Waals surface area contributed by atoms with Crippen LogP contribution in [0.15, 0.2) is 16.8 Å². The van der Waals surface area contributed by atoms with Gasteiger partial charge in [0.1, 0.15) is 6.04 Å². The van der Waals surface area contributed by atoms with Crippen molar-refractivity contribution in [2.24, 2.45) is 0 Å². The molecular formula is C12H17NO4S.